The highest BCUT2D eigenvalue weighted by Crippen LogP contribution is 2.09. The summed E-state index contributed by atoms with van der Waals surface area (Å²) < 4.78 is 0. The van der Waals surface area contributed by atoms with E-state index >= 15 is 0 Å². The van der Waals surface area contributed by atoms with Gasteiger partial charge in [0.15, 0.2) is 0 Å². The number of hydrogen-bond donors (Lipinski definition) is 2. The lowest BCUT2D eigenvalue weighted by Crippen LogP contribution is -2.21. The molecule has 18 heavy (non-hydrogen) atoms. The van der Waals surface area contributed by atoms with Crippen LogP contribution < -0.4 is 5.32 Å². The predicted octanol–water partition coefficient (Wildman–Crippen LogP) is 0.687. The molecule has 0 radical (unpaired) electrons. The van der Waals surface area contributed by atoms with Crippen LogP contribution in [0, 0.1) is 0 Å². The van der Waals surface area contributed by atoms with E-state index < -0.39 is 6.10 Å². The highest BCUT2D eigenvalue weighted by molar-refractivity contribution is 6.30. The second-order valence-electron chi connectivity index (χ2n) is 3.91. The van der Waals surface area contributed by atoms with Crippen LogP contribution in [-0.4, -0.2) is 31.9 Å². The third-order valence-electron chi connectivity index (χ3n) is 2.40. The molecule has 7 heteroatoms. The number of benzene rings is 1. The van der Waals surface area contributed by atoms with E-state index in [9.17, 15) is 5.11 Å². The third kappa shape index (κ3) is 3.49. The molecule has 0 aliphatic rings. The van der Waals surface area contributed by atoms with E-state index in [0.29, 0.717) is 23.9 Å². The van der Waals surface area contributed by atoms with Crippen molar-refractivity contribution in [3.8, 4) is 0 Å². The molecule has 0 spiro atoms. The van der Waals surface area contributed by atoms with Gasteiger partial charge in [0.2, 0.25) is 5.82 Å². The van der Waals surface area contributed by atoms with Crippen molar-refractivity contribution in [3.63, 3.8) is 0 Å². The Balaban J connectivity index is 1.80. The number of nitrogens with zero attached hydrogens (tertiary/aromatic N) is 4. The normalized spacial score (nSPS) is 12.6. The number of nitrogens with one attached hydrogen (secondary N) is 1. The van der Waals surface area contributed by atoms with Crippen molar-refractivity contribution in [2.45, 2.75) is 12.6 Å². The molecule has 0 saturated heterocycles. The average Bonchev–Trinajstić information content (AvgIpc) is 2.78. The molecular formula is C11H14ClN5O. The quantitative estimate of drug-likeness (QED) is 0.834. The zero-order chi connectivity index (χ0) is 13.0. The molecule has 0 fully saturated rings. The Morgan fingerprint density at radius 3 is 2.72 bits per heavy atom. The molecule has 1 aromatic carbocycles. The number of rotatable bonds is 5. The summed E-state index contributed by atoms with van der Waals surface area (Å²) in [7, 11) is 1.66. The molecule has 0 aliphatic carbocycles. The molecule has 1 heterocycles. The Kier molecular flexibility index (Phi) is 4.24. The van der Waals surface area contributed by atoms with Gasteiger partial charge in [-0.05, 0) is 22.9 Å². The summed E-state index contributed by atoms with van der Waals surface area (Å²) in [5.41, 5.74) is 1.10. The first-order chi connectivity index (χ1) is 8.65. The largest absolute Gasteiger partial charge is 0.384 e. The van der Waals surface area contributed by atoms with Gasteiger partial charge in [0.1, 0.15) is 6.10 Å². The van der Waals surface area contributed by atoms with Crippen LogP contribution in [0.15, 0.2) is 24.3 Å². The van der Waals surface area contributed by atoms with E-state index in [4.69, 9.17) is 11.6 Å². The first-order valence-corrected chi connectivity index (χ1v) is 5.90. The predicted molar refractivity (Wildman–Crippen MR) is 66.9 cm³/mol. The number of hydrogen-bond acceptors (Lipinski definition) is 5. The van der Waals surface area contributed by atoms with E-state index in [1.54, 1.807) is 7.05 Å². The smallest absolute Gasteiger partial charge is 0.204 e. The van der Waals surface area contributed by atoms with Gasteiger partial charge in [-0.1, -0.05) is 23.7 Å². The van der Waals surface area contributed by atoms with Crippen molar-refractivity contribution in [2.75, 3.05) is 6.54 Å². The minimum atomic E-state index is -0.758. The van der Waals surface area contributed by atoms with Crippen LogP contribution >= 0.6 is 11.6 Å². The molecule has 1 atom stereocenters. The third-order valence-corrected chi connectivity index (χ3v) is 2.65. The van der Waals surface area contributed by atoms with Crippen LogP contribution in [0.2, 0.25) is 5.02 Å². The minimum absolute atomic E-state index is 0.320. The molecule has 0 saturated carbocycles. The van der Waals surface area contributed by atoms with Gasteiger partial charge < -0.3 is 10.4 Å². The molecule has 0 unspecified atom stereocenters. The summed E-state index contributed by atoms with van der Waals surface area (Å²) >= 11 is 5.79. The highest BCUT2D eigenvalue weighted by atomic mass is 35.5. The SMILES string of the molecule is Cn1nnc([C@@H](O)CNCc2ccc(Cl)cc2)n1. The Hall–Kier alpha value is -1.50. The van der Waals surface area contributed by atoms with E-state index in [-0.39, 0.29) is 0 Å². The number of aliphatic hydroxyl groups excluding tert-OH is 1. The Bertz CT molecular complexity index is 498. The minimum Gasteiger partial charge on any atom is -0.384 e. The zero-order valence-electron chi connectivity index (χ0n) is 9.91. The van der Waals surface area contributed by atoms with Crippen LogP contribution in [0.5, 0.6) is 0 Å². The van der Waals surface area contributed by atoms with Crippen molar-refractivity contribution in [3.05, 3.63) is 40.7 Å². The number of tetrazole rings is 1. The molecule has 0 amide bonds. The topological polar surface area (TPSA) is 75.9 Å². The standard InChI is InChI=1S/C11H14ClN5O/c1-17-15-11(14-16-17)10(18)7-13-6-8-2-4-9(12)5-3-8/h2-5,10,13,18H,6-7H2,1H3/t10-/m0/s1. The van der Waals surface area contributed by atoms with Crippen LogP contribution in [0.1, 0.15) is 17.5 Å². The lowest BCUT2D eigenvalue weighted by molar-refractivity contribution is 0.164. The van der Waals surface area contributed by atoms with E-state index in [0.717, 1.165) is 5.56 Å². The van der Waals surface area contributed by atoms with Gasteiger partial charge in [0.05, 0.1) is 7.05 Å². The number of aliphatic hydroxyl groups is 1. The fourth-order valence-corrected chi connectivity index (χ4v) is 1.60. The number of halogens is 1. The Morgan fingerprint density at radius 2 is 2.11 bits per heavy atom. The van der Waals surface area contributed by atoms with E-state index in [2.05, 4.69) is 20.7 Å². The Labute approximate surface area is 110 Å². The molecule has 1 aromatic heterocycles. The van der Waals surface area contributed by atoms with Crippen molar-refractivity contribution in [1.82, 2.24) is 25.5 Å². The summed E-state index contributed by atoms with van der Waals surface area (Å²) in [6.45, 7) is 1.02. The monoisotopic (exact) mass is 267 g/mol. The van der Waals surface area contributed by atoms with E-state index in [1.807, 2.05) is 24.3 Å². The molecule has 2 aromatic rings. The van der Waals surface area contributed by atoms with Gasteiger partial charge in [-0.25, -0.2) is 0 Å². The van der Waals surface area contributed by atoms with Crippen LogP contribution in [0.4, 0.5) is 0 Å². The van der Waals surface area contributed by atoms with Gasteiger partial charge in [-0.3, -0.25) is 0 Å². The number of aryl methyl sites for hydroxylation is 1. The van der Waals surface area contributed by atoms with Crippen LogP contribution in [0.25, 0.3) is 0 Å². The lowest BCUT2D eigenvalue weighted by Gasteiger charge is -2.08. The van der Waals surface area contributed by atoms with Crippen molar-refractivity contribution < 1.29 is 5.11 Å². The van der Waals surface area contributed by atoms with Crippen molar-refractivity contribution in [1.29, 1.82) is 0 Å². The zero-order valence-corrected chi connectivity index (χ0v) is 10.7. The maximum absolute atomic E-state index is 9.79. The number of aromatic nitrogens is 4. The average molecular weight is 268 g/mol. The molecule has 2 rings (SSSR count). The molecule has 0 bridgehead atoms. The lowest BCUT2D eigenvalue weighted by atomic mass is 10.2. The summed E-state index contributed by atoms with van der Waals surface area (Å²) in [5.74, 6) is 0.320. The Morgan fingerprint density at radius 1 is 1.39 bits per heavy atom. The molecule has 2 N–H and O–H groups in total. The summed E-state index contributed by atoms with van der Waals surface area (Å²) in [6, 6.07) is 7.53. The van der Waals surface area contributed by atoms with Gasteiger partial charge in [0, 0.05) is 18.1 Å². The maximum Gasteiger partial charge on any atom is 0.204 e. The van der Waals surface area contributed by atoms with E-state index in [1.165, 1.54) is 4.80 Å². The van der Waals surface area contributed by atoms with Crippen LogP contribution in [0.3, 0.4) is 0 Å². The summed E-state index contributed by atoms with van der Waals surface area (Å²) in [6.07, 6.45) is -0.758. The van der Waals surface area contributed by atoms with Crippen molar-refractivity contribution >= 4 is 11.6 Å². The molecule has 6 nitrogen and oxygen atoms in total. The first kappa shape index (κ1) is 12.9. The molecule has 96 valence electrons. The summed E-state index contributed by atoms with van der Waals surface area (Å²) in [4.78, 5) is 1.32. The molecular weight excluding hydrogens is 254 g/mol. The summed E-state index contributed by atoms with van der Waals surface area (Å²) in [5, 5.41) is 25.0. The van der Waals surface area contributed by atoms with Gasteiger partial charge in [0.25, 0.3) is 0 Å². The van der Waals surface area contributed by atoms with Gasteiger partial charge in [-0.15, -0.1) is 10.2 Å². The maximum atomic E-state index is 9.79. The fourth-order valence-electron chi connectivity index (χ4n) is 1.48. The van der Waals surface area contributed by atoms with Crippen molar-refractivity contribution in [2.24, 2.45) is 7.05 Å². The van der Waals surface area contributed by atoms with Gasteiger partial charge in [-0.2, -0.15) is 4.80 Å². The highest BCUT2D eigenvalue weighted by Gasteiger charge is 2.12. The molecule has 0 aliphatic heterocycles. The fraction of sp³-hybridized carbons (Fsp3) is 0.364. The van der Waals surface area contributed by atoms with Crippen LogP contribution in [-0.2, 0) is 13.6 Å². The second-order valence-corrected chi connectivity index (χ2v) is 4.35. The second kappa shape index (κ2) is 5.90. The van der Waals surface area contributed by atoms with Gasteiger partial charge >= 0.3 is 0 Å². The first-order valence-electron chi connectivity index (χ1n) is 5.52.